The van der Waals surface area contributed by atoms with Gasteiger partial charge >= 0.3 is 0 Å². The van der Waals surface area contributed by atoms with Crippen molar-refractivity contribution in [3.63, 3.8) is 0 Å². The molecule has 0 aliphatic heterocycles. The molecule has 0 saturated heterocycles. The number of thioether (sulfide) groups is 1. The third-order valence-electron chi connectivity index (χ3n) is 4.88. The van der Waals surface area contributed by atoms with Crippen molar-refractivity contribution in [2.75, 3.05) is 0 Å². The minimum atomic E-state index is -0.265. The summed E-state index contributed by atoms with van der Waals surface area (Å²) < 4.78 is 3.49. The van der Waals surface area contributed by atoms with Gasteiger partial charge in [0.1, 0.15) is 0 Å². The van der Waals surface area contributed by atoms with Gasteiger partial charge in [-0.1, -0.05) is 48.2 Å². The second-order valence-corrected chi connectivity index (χ2v) is 8.22. The normalized spacial score (nSPS) is 10.9. The standard InChI is InChI=1S/C24H22N4O2S/c1-27-11-9-19(13-22(27)29)12-21-16-28(15-20-8-5-10-25-14-20)24(26-23(21)30)31-17-18-6-3-2-4-7-18/h2-11,13-14,16H,12,15,17H2,1H3. The fourth-order valence-corrected chi connectivity index (χ4v) is 4.12. The second-order valence-electron chi connectivity index (χ2n) is 7.28. The van der Waals surface area contributed by atoms with Crippen LogP contribution in [-0.4, -0.2) is 19.1 Å². The molecule has 0 bridgehead atoms. The summed E-state index contributed by atoms with van der Waals surface area (Å²) in [5.41, 5.74) is 3.17. The molecule has 156 valence electrons. The molecule has 0 amide bonds. The van der Waals surface area contributed by atoms with Crippen LogP contribution in [0.25, 0.3) is 0 Å². The average Bonchev–Trinajstić information content (AvgIpc) is 2.79. The van der Waals surface area contributed by atoms with E-state index in [0.29, 0.717) is 29.4 Å². The van der Waals surface area contributed by atoms with Crippen molar-refractivity contribution < 1.29 is 0 Å². The number of hydrogen-bond donors (Lipinski definition) is 0. The molecule has 0 saturated carbocycles. The van der Waals surface area contributed by atoms with Crippen molar-refractivity contribution in [2.45, 2.75) is 23.9 Å². The lowest BCUT2D eigenvalue weighted by Gasteiger charge is -2.14. The maximum absolute atomic E-state index is 12.8. The molecule has 31 heavy (non-hydrogen) atoms. The van der Waals surface area contributed by atoms with E-state index in [0.717, 1.165) is 11.1 Å². The largest absolute Gasteiger partial charge is 0.323 e. The molecule has 0 aliphatic carbocycles. The number of benzene rings is 1. The Balaban J connectivity index is 1.66. The highest BCUT2D eigenvalue weighted by Gasteiger charge is 2.12. The van der Waals surface area contributed by atoms with Gasteiger partial charge in [0, 0.05) is 55.6 Å². The molecule has 0 radical (unpaired) electrons. The molecule has 3 heterocycles. The molecular formula is C24H22N4O2S. The molecule has 0 atom stereocenters. The molecule has 4 rings (SSSR count). The molecule has 0 spiro atoms. The highest BCUT2D eigenvalue weighted by atomic mass is 32.2. The van der Waals surface area contributed by atoms with Crippen molar-refractivity contribution in [2.24, 2.45) is 7.05 Å². The fourth-order valence-electron chi connectivity index (χ4n) is 3.20. The summed E-state index contributed by atoms with van der Waals surface area (Å²) in [6.45, 7) is 0.557. The Labute approximate surface area is 184 Å². The van der Waals surface area contributed by atoms with Crippen LogP contribution in [0.1, 0.15) is 22.3 Å². The van der Waals surface area contributed by atoms with Crippen LogP contribution in [0, 0.1) is 0 Å². The SMILES string of the molecule is Cn1ccc(Cc2cn(Cc3cccnc3)c(SCc3ccccc3)nc2=O)cc1=O. The molecule has 0 fully saturated rings. The zero-order chi connectivity index (χ0) is 21.6. The summed E-state index contributed by atoms with van der Waals surface area (Å²) in [5, 5.41) is 0.658. The van der Waals surface area contributed by atoms with Crippen molar-refractivity contribution >= 4 is 11.8 Å². The number of aryl methyl sites for hydroxylation is 1. The van der Waals surface area contributed by atoms with Crippen molar-refractivity contribution in [3.05, 3.63) is 122 Å². The van der Waals surface area contributed by atoms with Crippen LogP contribution in [0.4, 0.5) is 0 Å². The van der Waals surface area contributed by atoms with Crippen molar-refractivity contribution in [1.29, 1.82) is 0 Å². The van der Waals surface area contributed by atoms with Crippen LogP contribution in [0.5, 0.6) is 0 Å². The van der Waals surface area contributed by atoms with Crippen LogP contribution >= 0.6 is 11.8 Å². The molecule has 0 unspecified atom stereocenters. The second kappa shape index (κ2) is 9.57. The molecule has 6 nitrogen and oxygen atoms in total. The first kappa shape index (κ1) is 20.8. The molecule has 1 aromatic carbocycles. The summed E-state index contributed by atoms with van der Waals surface area (Å²) in [5.74, 6) is 0.717. The average molecular weight is 431 g/mol. The Morgan fingerprint density at radius 2 is 1.77 bits per heavy atom. The van der Waals surface area contributed by atoms with Gasteiger partial charge in [0.2, 0.25) is 0 Å². The summed E-state index contributed by atoms with van der Waals surface area (Å²) in [6, 6.07) is 17.4. The Hall–Kier alpha value is -3.45. The number of aromatic nitrogens is 4. The van der Waals surface area contributed by atoms with Gasteiger partial charge in [-0.2, -0.15) is 4.98 Å². The molecule has 4 aromatic rings. The van der Waals surface area contributed by atoms with Gasteiger partial charge in [0.15, 0.2) is 5.16 Å². The van der Waals surface area contributed by atoms with Gasteiger partial charge in [-0.05, 0) is 28.8 Å². The summed E-state index contributed by atoms with van der Waals surface area (Å²) in [4.78, 5) is 33.3. The zero-order valence-electron chi connectivity index (χ0n) is 17.1. The van der Waals surface area contributed by atoms with Gasteiger partial charge in [0.05, 0.1) is 6.54 Å². The van der Waals surface area contributed by atoms with Crippen LogP contribution in [0.2, 0.25) is 0 Å². The van der Waals surface area contributed by atoms with E-state index in [2.05, 4.69) is 22.1 Å². The van der Waals surface area contributed by atoms with Crippen LogP contribution in [0.15, 0.2) is 94.1 Å². The van der Waals surface area contributed by atoms with Crippen molar-refractivity contribution in [3.8, 4) is 0 Å². The first-order valence-corrected chi connectivity index (χ1v) is 10.9. The predicted molar refractivity (Wildman–Crippen MR) is 122 cm³/mol. The number of hydrogen-bond acceptors (Lipinski definition) is 5. The van der Waals surface area contributed by atoms with Gasteiger partial charge in [-0.15, -0.1) is 0 Å². The minimum absolute atomic E-state index is 0.101. The quantitative estimate of drug-likeness (QED) is 0.332. The van der Waals surface area contributed by atoms with Crippen LogP contribution < -0.4 is 11.1 Å². The molecule has 0 N–H and O–H groups in total. The fraction of sp³-hybridized carbons (Fsp3) is 0.167. The Morgan fingerprint density at radius 3 is 2.52 bits per heavy atom. The molecule has 0 aliphatic rings. The monoisotopic (exact) mass is 430 g/mol. The van der Waals surface area contributed by atoms with E-state index in [4.69, 9.17) is 0 Å². The third kappa shape index (κ3) is 5.38. The topological polar surface area (TPSA) is 69.8 Å². The number of rotatable bonds is 7. The number of pyridine rings is 2. The Morgan fingerprint density at radius 1 is 0.968 bits per heavy atom. The van der Waals surface area contributed by atoms with Crippen LogP contribution in [-0.2, 0) is 25.8 Å². The van der Waals surface area contributed by atoms with E-state index < -0.39 is 0 Å². The minimum Gasteiger partial charge on any atom is -0.323 e. The van der Waals surface area contributed by atoms with Crippen LogP contribution in [0.3, 0.4) is 0 Å². The van der Waals surface area contributed by atoms with Gasteiger partial charge in [0.25, 0.3) is 11.1 Å². The predicted octanol–water partition coefficient (Wildman–Crippen LogP) is 3.27. The molecular weight excluding hydrogens is 408 g/mol. The molecule has 7 heteroatoms. The zero-order valence-corrected chi connectivity index (χ0v) is 18.0. The van der Waals surface area contributed by atoms with Gasteiger partial charge < -0.3 is 9.13 Å². The molecule has 3 aromatic heterocycles. The smallest absolute Gasteiger partial charge is 0.277 e. The van der Waals surface area contributed by atoms with E-state index in [-0.39, 0.29) is 11.1 Å². The maximum Gasteiger partial charge on any atom is 0.277 e. The van der Waals surface area contributed by atoms with Gasteiger partial charge in [-0.25, -0.2) is 0 Å². The lowest BCUT2D eigenvalue weighted by Crippen LogP contribution is -2.21. The lowest BCUT2D eigenvalue weighted by molar-refractivity contribution is 0.652. The highest BCUT2D eigenvalue weighted by Crippen LogP contribution is 2.21. The Kier molecular flexibility index (Phi) is 6.43. The Bertz CT molecular complexity index is 1280. The lowest BCUT2D eigenvalue weighted by atomic mass is 10.1. The first-order chi connectivity index (χ1) is 15.1. The summed E-state index contributed by atoms with van der Waals surface area (Å²) >= 11 is 1.53. The highest BCUT2D eigenvalue weighted by molar-refractivity contribution is 7.98. The number of nitrogens with zero attached hydrogens (tertiary/aromatic N) is 4. The van der Waals surface area contributed by atoms with Crippen molar-refractivity contribution in [1.82, 2.24) is 19.1 Å². The maximum atomic E-state index is 12.8. The third-order valence-corrected chi connectivity index (χ3v) is 5.94. The summed E-state index contributed by atoms with van der Waals surface area (Å²) in [7, 11) is 1.70. The van der Waals surface area contributed by atoms with E-state index in [1.54, 1.807) is 25.5 Å². The van der Waals surface area contributed by atoms with E-state index >= 15 is 0 Å². The van der Waals surface area contributed by atoms with Gasteiger partial charge in [-0.3, -0.25) is 14.6 Å². The summed E-state index contributed by atoms with van der Waals surface area (Å²) in [6.07, 6.45) is 7.47. The van der Waals surface area contributed by atoms with E-state index in [9.17, 15) is 9.59 Å². The van der Waals surface area contributed by atoms with E-state index in [1.807, 2.05) is 53.4 Å². The van der Waals surface area contributed by atoms with E-state index in [1.165, 1.54) is 21.9 Å². The first-order valence-electron chi connectivity index (χ1n) is 9.90.